The molecule has 0 spiro atoms. The highest BCUT2D eigenvalue weighted by molar-refractivity contribution is 7.16. The molecule has 1 aromatic carbocycles. The fraction of sp³-hybridized carbons (Fsp3) is 0.263. The van der Waals surface area contributed by atoms with Gasteiger partial charge in [-0.3, -0.25) is 19.0 Å². The minimum atomic E-state index is -0.454. The van der Waals surface area contributed by atoms with Crippen molar-refractivity contribution in [2.75, 3.05) is 6.54 Å². The van der Waals surface area contributed by atoms with Gasteiger partial charge in [0.2, 0.25) is 11.8 Å². The van der Waals surface area contributed by atoms with Gasteiger partial charge in [-0.25, -0.2) is 4.98 Å². The van der Waals surface area contributed by atoms with Crippen molar-refractivity contribution in [2.24, 2.45) is 5.73 Å². The summed E-state index contributed by atoms with van der Waals surface area (Å²) in [6.45, 7) is 0.877. The van der Waals surface area contributed by atoms with Crippen molar-refractivity contribution in [2.45, 2.75) is 25.9 Å². The first kappa shape index (κ1) is 18.8. The van der Waals surface area contributed by atoms with E-state index in [4.69, 9.17) is 5.73 Å². The topological polar surface area (TPSA) is 98.3 Å². The lowest BCUT2D eigenvalue weighted by Crippen LogP contribution is -2.34. The minimum absolute atomic E-state index is 0.0982. The largest absolute Gasteiger partial charge is 0.370 e. The summed E-state index contributed by atoms with van der Waals surface area (Å²) in [5, 5.41) is 2.38. The molecule has 0 aliphatic carbocycles. The number of hydrogen-bond acceptors (Lipinski definition) is 5. The number of primary amides is 1. The highest BCUT2D eigenvalue weighted by Crippen LogP contribution is 2.13. The van der Waals surface area contributed by atoms with Crippen LogP contribution in [0.4, 0.5) is 0 Å². The van der Waals surface area contributed by atoms with Crippen LogP contribution in [0.2, 0.25) is 0 Å². The maximum absolute atomic E-state index is 12.7. The van der Waals surface area contributed by atoms with Gasteiger partial charge in [-0.05, 0) is 17.0 Å². The third-order valence-electron chi connectivity index (χ3n) is 4.21. The molecule has 0 saturated carbocycles. The monoisotopic (exact) mass is 384 g/mol. The quantitative estimate of drug-likeness (QED) is 0.640. The molecule has 0 fully saturated rings. The molecule has 2 aromatic heterocycles. The Morgan fingerprint density at radius 2 is 1.93 bits per heavy atom. The molecule has 0 atom stereocenters. The second-order valence-corrected chi connectivity index (χ2v) is 7.04. The predicted molar refractivity (Wildman–Crippen MR) is 104 cm³/mol. The maximum Gasteiger partial charge on any atom is 0.262 e. The van der Waals surface area contributed by atoms with Crippen LogP contribution in [0.25, 0.3) is 10.2 Å². The van der Waals surface area contributed by atoms with Crippen molar-refractivity contribution >= 4 is 33.4 Å². The van der Waals surface area contributed by atoms with E-state index in [-0.39, 0.29) is 37.4 Å². The SMILES string of the molecule is NC(=O)CCN(Cc1ccccc1)C(=O)CCn1cnc2sccc2c1=O. The third-order valence-corrected chi connectivity index (χ3v) is 5.03. The van der Waals surface area contributed by atoms with Crippen LogP contribution in [0, 0.1) is 0 Å². The van der Waals surface area contributed by atoms with Crippen molar-refractivity contribution in [3.05, 3.63) is 64.0 Å². The lowest BCUT2D eigenvalue weighted by atomic mass is 10.2. The summed E-state index contributed by atoms with van der Waals surface area (Å²) in [5.41, 5.74) is 6.05. The molecule has 8 heteroatoms. The first-order chi connectivity index (χ1) is 13.0. The number of thiophene rings is 1. The molecule has 140 valence electrons. The van der Waals surface area contributed by atoms with Gasteiger partial charge in [-0.2, -0.15) is 0 Å². The van der Waals surface area contributed by atoms with Gasteiger partial charge < -0.3 is 10.6 Å². The fourth-order valence-corrected chi connectivity index (χ4v) is 3.49. The summed E-state index contributed by atoms with van der Waals surface area (Å²) >= 11 is 1.41. The second kappa shape index (κ2) is 8.59. The van der Waals surface area contributed by atoms with Gasteiger partial charge in [-0.1, -0.05) is 30.3 Å². The van der Waals surface area contributed by atoms with Gasteiger partial charge in [0, 0.05) is 32.5 Å². The van der Waals surface area contributed by atoms with Crippen LogP contribution < -0.4 is 11.3 Å². The van der Waals surface area contributed by atoms with E-state index in [1.165, 1.54) is 22.2 Å². The Bertz CT molecular complexity index is 997. The molecule has 3 aromatic rings. The highest BCUT2D eigenvalue weighted by atomic mass is 32.1. The van der Waals surface area contributed by atoms with Gasteiger partial charge in [0.25, 0.3) is 5.56 Å². The van der Waals surface area contributed by atoms with Crippen LogP contribution in [0.1, 0.15) is 18.4 Å². The molecule has 0 aliphatic rings. The number of rotatable bonds is 8. The van der Waals surface area contributed by atoms with Gasteiger partial charge >= 0.3 is 0 Å². The Kier molecular flexibility index (Phi) is 5.97. The molecule has 0 bridgehead atoms. The zero-order chi connectivity index (χ0) is 19.2. The Labute approximate surface area is 160 Å². The van der Waals surface area contributed by atoms with Crippen LogP contribution in [-0.4, -0.2) is 32.8 Å². The number of amides is 2. The van der Waals surface area contributed by atoms with Gasteiger partial charge in [0.1, 0.15) is 4.83 Å². The van der Waals surface area contributed by atoms with Crippen LogP contribution in [0.5, 0.6) is 0 Å². The number of nitrogens with two attached hydrogens (primary N) is 1. The first-order valence-electron chi connectivity index (χ1n) is 8.57. The summed E-state index contributed by atoms with van der Waals surface area (Å²) < 4.78 is 1.45. The first-order valence-corrected chi connectivity index (χ1v) is 9.45. The lowest BCUT2D eigenvalue weighted by Gasteiger charge is -2.22. The molecule has 0 radical (unpaired) electrons. The molecule has 2 amide bonds. The van der Waals surface area contributed by atoms with Crippen molar-refractivity contribution in [1.29, 1.82) is 0 Å². The van der Waals surface area contributed by atoms with Gasteiger partial charge in [0.05, 0.1) is 11.7 Å². The van der Waals surface area contributed by atoms with Crippen molar-refractivity contribution < 1.29 is 9.59 Å². The zero-order valence-corrected chi connectivity index (χ0v) is 15.5. The average Bonchev–Trinajstić information content (AvgIpc) is 3.14. The summed E-state index contributed by atoms with van der Waals surface area (Å²) in [6, 6.07) is 11.3. The zero-order valence-electron chi connectivity index (χ0n) is 14.7. The summed E-state index contributed by atoms with van der Waals surface area (Å²) in [6.07, 6.45) is 1.71. The fourth-order valence-electron chi connectivity index (χ4n) is 2.77. The number of nitrogens with zero attached hydrogens (tertiary/aromatic N) is 3. The molecule has 2 N–H and O–H groups in total. The number of carbonyl (C=O) groups is 2. The highest BCUT2D eigenvalue weighted by Gasteiger charge is 2.16. The Balaban J connectivity index is 1.69. The maximum atomic E-state index is 12.7. The molecule has 7 nitrogen and oxygen atoms in total. The number of carbonyl (C=O) groups excluding carboxylic acids is 2. The standard InChI is InChI=1S/C19H20N4O3S/c20-16(24)6-9-22(12-14-4-2-1-3-5-14)17(25)7-10-23-13-21-18-15(19(23)26)8-11-27-18/h1-5,8,11,13H,6-7,9-10,12H2,(H2,20,24). The molecule has 27 heavy (non-hydrogen) atoms. The van der Waals surface area contributed by atoms with Crippen LogP contribution in [0.15, 0.2) is 52.9 Å². The summed E-state index contributed by atoms with van der Waals surface area (Å²) in [7, 11) is 0. The second-order valence-electron chi connectivity index (χ2n) is 6.15. The van der Waals surface area contributed by atoms with E-state index in [0.717, 1.165) is 5.56 Å². The Morgan fingerprint density at radius 3 is 2.67 bits per heavy atom. The summed E-state index contributed by atoms with van der Waals surface area (Å²) in [5.74, 6) is -0.596. The van der Waals surface area contributed by atoms with E-state index < -0.39 is 5.91 Å². The average molecular weight is 384 g/mol. The Morgan fingerprint density at radius 1 is 1.15 bits per heavy atom. The number of fused-ring (bicyclic) bond motifs is 1. The minimum Gasteiger partial charge on any atom is -0.370 e. The molecule has 2 heterocycles. The van der Waals surface area contributed by atoms with Crippen molar-refractivity contribution in [1.82, 2.24) is 14.5 Å². The van der Waals surface area contributed by atoms with Gasteiger partial charge in [0.15, 0.2) is 0 Å². The lowest BCUT2D eigenvalue weighted by molar-refractivity contribution is -0.132. The molecule has 3 rings (SSSR count). The van der Waals surface area contributed by atoms with E-state index in [1.807, 2.05) is 35.7 Å². The number of aryl methyl sites for hydroxylation is 1. The van der Waals surface area contributed by atoms with Crippen LogP contribution in [-0.2, 0) is 22.7 Å². The Hall–Kier alpha value is -3.00. The molecular formula is C19H20N4O3S. The van der Waals surface area contributed by atoms with E-state index in [0.29, 0.717) is 16.8 Å². The predicted octanol–water partition coefficient (Wildman–Crippen LogP) is 1.75. The van der Waals surface area contributed by atoms with E-state index >= 15 is 0 Å². The number of benzene rings is 1. The van der Waals surface area contributed by atoms with Crippen LogP contribution in [0.3, 0.4) is 0 Å². The number of hydrogen-bond donors (Lipinski definition) is 1. The van der Waals surface area contributed by atoms with Crippen LogP contribution >= 0.6 is 11.3 Å². The van der Waals surface area contributed by atoms with E-state index in [2.05, 4.69) is 4.98 Å². The van der Waals surface area contributed by atoms with Crippen molar-refractivity contribution in [3.8, 4) is 0 Å². The van der Waals surface area contributed by atoms with Gasteiger partial charge in [-0.15, -0.1) is 11.3 Å². The third kappa shape index (κ3) is 4.79. The molecule has 0 saturated heterocycles. The molecule has 0 aliphatic heterocycles. The normalized spacial score (nSPS) is 10.8. The summed E-state index contributed by atoms with van der Waals surface area (Å²) in [4.78, 5) is 42.8. The van der Waals surface area contributed by atoms with Crippen molar-refractivity contribution in [3.63, 3.8) is 0 Å². The number of aromatic nitrogens is 2. The van der Waals surface area contributed by atoms with E-state index in [1.54, 1.807) is 11.0 Å². The van der Waals surface area contributed by atoms with E-state index in [9.17, 15) is 14.4 Å². The molecular weight excluding hydrogens is 364 g/mol. The smallest absolute Gasteiger partial charge is 0.262 e. The molecule has 0 unspecified atom stereocenters.